The van der Waals surface area contributed by atoms with Crippen molar-refractivity contribution >= 4 is 23.5 Å². The van der Waals surface area contributed by atoms with Gasteiger partial charge < -0.3 is 44.5 Å². The van der Waals surface area contributed by atoms with E-state index in [0.29, 0.717) is 11.5 Å². The predicted octanol–water partition coefficient (Wildman–Crippen LogP) is 4.85. The van der Waals surface area contributed by atoms with Crippen molar-refractivity contribution in [3.8, 4) is 0 Å². The molecule has 1 aromatic heterocycles. The van der Waals surface area contributed by atoms with Crippen molar-refractivity contribution in [3.05, 3.63) is 71.3 Å². The average Bonchev–Trinajstić information content (AvgIpc) is 3.93. The summed E-state index contributed by atoms with van der Waals surface area (Å²) in [6.45, 7) is 7.77. The van der Waals surface area contributed by atoms with Crippen molar-refractivity contribution in [2.75, 3.05) is 0 Å². The number of furan rings is 1. The van der Waals surface area contributed by atoms with Gasteiger partial charge in [-0.25, -0.2) is 27.2 Å². The van der Waals surface area contributed by atoms with Gasteiger partial charge in [0.25, 0.3) is 0 Å². The molecule has 63 heavy (non-hydrogen) atoms. The van der Waals surface area contributed by atoms with Gasteiger partial charge in [-0.3, -0.25) is 9.59 Å². The Balaban J connectivity index is 0.000000164. The van der Waals surface area contributed by atoms with Crippen LogP contribution in [0.2, 0.25) is 0 Å². The molecule has 13 nitrogen and oxygen atoms in total. The zero-order valence-electron chi connectivity index (χ0n) is 35.3. The monoisotopic (exact) mass is 888 g/mol. The molecule has 1 unspecified atom stereocenters. The van der Waals surface area contributed by atoms with E-state index in [4.69, 9.17) is 13.9 Å². The number of carboxylic acid groups (broad SMARTS) is 2. The lowest BCUT2D eigenvalue weighted by Crippen LogP contribution is -2.70. The topological polar surface area (TPSA) is 221 Å². The highest BCUT2D eigenvalue weighted by atomic mass is 19.2. The molecule has 1 aliphatic heterocycles. The summed E-state index contributed by atoms with van der Waals surface area (Å²) in [6.07, 6.45) is -4.38. The van der Waals surface area contributed by atoms with Crippen LogP contribution in [0, 0.1) is 52.3 Å². The quantitative estimate of drug-likeness (QED) is 0.224. The molecule has 19 atom stereocenters. The number of fused-ring (bicyclic) bond motifs is 12. The fraction of sp³-hybridized carbons (Fsp3) is 0.652. The summed E-state index contributed by atoms with van der Waals surface area (Å²) in [6, 6.07) is 3.37. The Kier molecular flexibility index (Phi) is 9.50. The fourth-order valence-corrected chi connectivity index (χ4v) is 14.6. The molecule has 0 radical (unpaired) electrons. The van der Waals surface area contributed by atoms with Gasteiger partial charge in [-0.2, -0.15) is 0 Å². The number of ether oxygens (including phenoxy) is 2. The van der Waals surface area contributed by atoms with Gasteiger partial charge in [-0.1, -0.05) is 26.0 Å². The molecule has 1 aromatic rings. The molecule has 8 aliphatic carbocycles. The third kappa shape index (κ3) is 5.15. The number of aliphatic hydroxyl groups excluding tert-OH is 3. The predicted molar refractivity (Wildman–Crippen MR) is 209 cm³/mol. The smallest absolute Gasteiger partial charge is 0.339 e. The van der Waals surface area contributed by atoms with E-state index in [9.17, 15) is 49.8 Å². The Hall–Kier alpha value is -4.00. The molecule has 0 aromatic carbocycles. The number of ketones is 2. The summed E-state index contributed by atoms with van der Waals surface area (Å²) in [5, 5.41) is 63.6. The lowest BCUT2D eigenvalue weighted by molar-refractivity contribution is -0.241. The summed E-state index contributed by atoms with van der Waals surface area (Å²) in [5.74, 6) is -6.50. The summed E-state index contributed by atoms with van der Waals surface area (Å²) >= 11 is 0. The fourth-order valence-electron chi connectivity index (χ4n) is 14.6. The molecule has 0 amide bonds. The number of carbonyl (C=O) groups excluding carboxylic acids is 2. The van der Waals surface area contributed by atoms with E-state index in [1.165, 1.54) is 39.0 Å². The first kappa shape index (κ1) is 44.2. The number of hydrogen-bond acceptors (Lipinski definition) is 11. The maximum Gasteiger partial charge on any atom is 0.339 e. The van der Waals surface area contributed by atoms with Crippen molar-refractivity contribution in [1.82, 2.24) is 0 Å². The van der Waals surface area contributed by atoms with E-state index in [-0.39, 0.29) is 43.3 Å². The van der Waals surface area contributed by atoms with Crippen LogP contribution in [0.3, 0.4) is 0 Å². The maximum atomic E-state index is 17.2. The maximum absolute atomic E-state index is 17.2. The first-order valence-electron chi connectivity index (χ1n) is 21.4. The van der Waals surface area contributed by atoms with Gasteiger partial charge in [0, 0.05) is 33.5 Å². The standard InChI is InChI=1S/C26H28F2O7.C20H24F2O6/c1-12-4-5-18(33-12)21-34-20-10-14-15-9-17(27)16-8-13(29)6-7-23(16,2)25(15,28)19(30)11-24(14,3)26(20,35-21)22(31)32;1-17-4-3-9(23)5-12(17)13(21)6-11-10-7-14(24)20(28,16(26)27)18(10,2)8-15(25)19(11,17)22/h4-8,14-15,17,19-21,30H,9-11H2,1-3H3,(H,31,32);3-5,10-11,13-15,24-25,28H,6-8H2,1-2H3,(H,26,27)/t14-,15-,17-,19-,20+,21?,23-,24-,25-,26-;10-,11-,13-,14+,15-,17-,18-,19-,20-/m00/s1. The Labute approximate surface area is 359 Å². The van der Waals surface area contributed by atoms with Crippen molar-refractivity contribution in [1.29, 1.82) is 0 Å². The van der Waals surface area contributed by atoms with Crippen LogP contribution in [0.15, 0.2) is 64.2 Å². The summed E-state index contributed by atoms with van der Waals surface area (Å²) in [4.78, 5) is 48.4. The van der Waals surface area contributed by atoms with Gasteiger partial charge in [0.1, 0.15) is 24.2 Å². The molecular formula is C46H52F4O13. The van der Waals surface area contributed by atoms with E-state index in [1.807, 2.05) is 0 Å². The minimum Gasteiger partial charge on any atom is -0.479 e. The molecule has 2 heterocycles. The third-order valence-corrected chi connectivity index (χ3v) is 17.9. The van der Waals surface area contributed by atoms with Crippen molar-refractivity contribution in [2.45, 2.75) is 139 Å². The second-order valence-corrected chi connectivity index (χ2v) is 20.3. The van der Waals surface area contributed by atoms with Crippen LogP contribution in [-0.4, -0.2) is 113 Å². The molecule has 6 saturated carbocycles. The minimum absolute atomic E-state index is 0.0262. The lowest BCUT2D eigenvalue weighted by atomic mass is 9.44. The van der Waals surface area contributed by atoms with Crippen LogP contribution in [-0.2, 0) is 28.7 Å². The molecule has 0 spiro atoms. The zero-order valence-corrected chi connectivity index (χ0v) is 35.3. The van der Waals surface area contributed by atoms with Crippen LogP contribution in [0.4, 0.5) is 17.6 Å². The third-order valence-electron chi connectivity index (χ3n) is 17.9. The lowest BCUT2D eigenvalue weighted by Gasteiger charge is -2.62. The van der Waals surface area contributed by atoms with Crippen LogP contribution < -0.4 is 0 Å². The van der Waals surface area contributed by atoms with E-state index >= 15 is 17.6 Å². The second kappa shape index (κ2) is 13.5. The molecule has 6 N–H and O–H groups in total. The Morgan fingerprint density at radius 2 is 1.19 bits per heavy atom. The van der Waals surface area contributed by atoms with Crippen molar-refractivity contribution in [3.63, 3.8) is 0 Å². The SMILES string of the molecule is C[C@]12C=CC(=O)C=C1[C@@H](F)C[C@H]1[C@@H]3C[C@@H](O)[C@](O)(C(=O)O)[C@@]3(C)C[C@H](O)[C@@]12F.Cc1ccc(C2O[C@@H]3C[C@H]4[C@@H]5C[C@H](F)C6=CC(=O)C=C[C@]6(C)[C@@]5(F)[C@@H](O)C[C@]4(C)[C@]3(C(=O)O)O2)o1. The van der Waals surface area contributed by atoms with Gasteiger partial charge in [0.2, 0.25) is 6.29 Å². The molecule has 10 rings (SSSR count). The highest BCUT2D eigenvalue weighted by molar-refractivity contribution is 6.02. The summed E-state index contributed by atoms with van der Waals surface area (Å²) < 4.78 is 82.3. The van der Waals surface area contributed by atoms with Crippen LogP contribution in [0.25, 0.3) is 0 Å². The average molecular weight is 889 g/mol. The number of allylic oxidation sites excluding steroid dienone is 8. The van der Waals surface area contributed by atoms with E-state index < -0.39 is 141 Å². The van der Waals surface area contributed by atoms with Gasteiger partial charge in [-0.15, -0.1) is 0 Å². The van der Waals surface area contributed by atoms with Gasteiger partial charge in [0.05, 0.1) is 18.3 Å². The zero-order chi connectivity index (χ0) is 46.0. The first-order valence-corrected chi connectivity index (χ1v) is 21.4. The van der Waals surface area contributed by atoms with Gasteiger partial charge >= 0.3 is 11.9 Å². The minimum atomic E-state index is -2.57. The number of halogens is 4. The van der Waals surface area contributed by atoms with Crippen molar-refractivity contribution < 1.29 is 81.3 Å². The molecule has 0 bridgehead atoms. The van der Waals surface area contributed by atoms with Gasteiger partial charge in [0.15, 0.2) is 39.9 Å². The van der Waals surface area contributed by atoms with E-state index in [0.717, 1.165) is 18.2 Å². The molecule has 9 aliphatic rings. The Bertz CT molecular complexity index is 2330. The Morgan fingerprint density at radius 3 is 1.65 bits per heavy atom. The number of aliphatic carboxylic acids is 2. The number of aliphatic hydroxyl groups is 4. The summed E-state index contributed by atoms with van der Waals surface area (Å²) in [5.41, 5.74) is -15.0. The molecule has 342 valence electrons. The highest BCUT2D eigenvalue weighted by Gasteiger charge is 2.81. The molecule has 17 heteroatoms. The number of carbonyl (C=O) groups is 4. The number of carboxylic acids is 2. The number of rotatable bonds is 3. The van der Waals surface area contributed by atoms with Crippen molar-refractivity contribution in [2.24, 2.45) is 45.3 Å². The van der Waals surface area contributed by atoms with E-state index in [2.05, 4.69) is 0 Å². The number of hydrogen-bond donors (Lipinski definition) is 6. The normalized spacial score (nSPS) is 52.4. The number of alkyl halides is 4. The first-order chi connectivity index (χ1) is 29.2. The second-order valence-electron chi connectivity index (χ2n) is 20.3. The number of aryl methyl sites for hydroxylation is 1. The van der Waals surface area contributed by atoms with Crippen LogP contribution >= 0.6 is 0 Å². The summed E-state index contributed by atoms with van der Waals surface area (Å²) in [7, 11) is 0. The van der Waals surface area contributed by atoms with Crippen LogP contribution in [0.5, 0.6) is 0 Å². The highest BCUT2D eigenvalue weighted by Crippen LogP contribution is 2.73. The van der Waals surface area contributed by atoms with Gasteiger partial charge in [-0.05, 0) is 119 Å². The van der Waals surface area contributed by atoms with E-state index in [1.54, 1.807) is 26.0 Å². The molecule has 1 saturated heterocycles. The molecule has 7 fully saturated rings. The van der Waals surface area contributed by atoms with Crippen LogP contribution in [0.1, 0.15) is 84.0 Å². The largest absolute Gasteiger partial charge is 0.479 e. The molecular weight excluding hydrogens is 836 g/mol. The Morgan fingerprint density at radius 1 is 0.698 bits per heavy atom.